The summed E-state index contributed by atoms with van der Waals surface area (Å²) in [5, 5.41) is 13.5. The van der Waals surface area contributed by atoms with Crippen molar-refractivity contribution in [1.29, 1.82) is 0 Å². The monoisotopic (exact) mass is 226 g/mol. The Labute approximate surface area is 93.0 Å². The topological polar surface area (TPSA) is 52.6 Å². The van der Waals surface area contributed by atoms with E-state index >= 15 is 0 Å². The molecular formula is C10H14N2O2S. The molecule has 2 rings (SSSR count). The molecule has 15 heavy (non-hydrogen) atoms. The van der Waals surface area contributed by atoms with Crippen molar-refractivity contribution < 1.29 is 9.90 Å². The molecule has 0 bridgehead atoms. The first-order chi connectivity index (χ1) is 7.06. The molecule has 1 amide bonds. The lowest BCUT2D eigenvalue weighted by molar-refractivity contribution is -0.117. The highest BCUT2D eigenvalue weighted by Gasteiger charge is 2.40. The maximum Gasteiger partial charge on any atom is 0.249 e. The molecule has 0 saturated carbocycles. The zero-order valence-electron chi connectivity index (χ0n) is 8.78. The second-order valence-electron chi connectivity index (χ2n) is 3.83. The summed E-state index contributed by atoms with van der Waals surface area (Å²) in [5.74, 6) is 0.525. The molecule has 5 heteroatoms. The van der Waals surface area contributed by atoms with Crippen LogP contribution in [0.3, 0.4) is 0 Å². The Morgan fingerprint density at radius 1 is 1.73 bits per heavy atom. The third-order valence-electron chi connectivity index (χ3n) is 2.56. The third-order valence-corrected chi connectivity index (χ3v) is 3.96. The summed E-state index contributed by atoms with van der Waals surface area (Å²) in [7, 11) is 1.62. The van der Waals surface area contributed by atoms with Crippen molar-refractivity contribution in [3.8, 4) is 0 Å². The van der Waals surface area contributed by atoms with Crippen molar-refractivity contribution in [1.82, 2.24) is 10.2 Å². The van der Waals surface area contributed by atoms with Crippen molar-refractivity contribution in [2.45, 2.75) is 19.1 Å². The third kappa shape index (κ3) is 1.66. The number of nitrogens with zero attached hydrogens (tertiary/aromatic N) is 1. The molecule has 0 aromatic rings. The van der Waals surface area contributed by atoms with Gasteiger partial charge in [-0.05, 0) is 6.92 Å². The van der Waals surface area contributed by atoms with Crippen molar-refractivity contribution in [2.24, 2.45) is 0 Å². The molecule has 2 aliphatic heterocycles. The molecule has 0 aromatic heterocycles. The summed E-state index contributed by atoms with van der Waals surface area (Å²) in [5.41, 5.74) is -0.140. The average molecular weight is 226 g/mol. The average Bonchev–Trinajstić information content (AvgIpc) is 2.54. The number of allylic oxidation sites excluding steroid dienone is 1. The van der Waals surface area contributed by atoms with Gasteiger partial charge in [0, 0.05) is 25.4 Å². The second kappa shape index (κ2) is 3.57. The van der Waals surface area contributed by atoms with Gasteiger partial charge in [0.05, 0.1) is 10.6 Å². The fourth-order valence-corrected chi connectivity index (χ4v) is 3.02. The summed E-state index contributed by atoms with van der Waals surface area (Å²) >= 11 is 1.53. The summed E-state index contributed by atoms with van der Waals surface area (Å²) in [4.78, 5) is 13.4. The van der Waals surface area contributed by atoms with Gasteiger partial charge in [0.2, 0.25) is 5.91 Å². The lowest BCUT2D eigenvalue weighted by atomic mass is 10.1. The molecule has 1 unspecified atom stereocenters. The first kappa shape index (κ1) is 10.6. The molecule has 2 aliphatic rings. The number of rotatable bonds is 1. The molecular weight excluding hydrogens is 212 g/mol. The van der Waals surface area contributed by atoms with Gasteiger partial charge >= 0.3 is 0 Å². The summed E-state index contributed by atoms with van der Waals surface area (Å²) in [6.45, 7) is 1.75. The molecule has 4 nitrogen and oxygen atoms in total. The number of carbonyl (C=O) groups is 1. The van der Waals surface area contributed by atoms with Gasteiger partial charge in [0.25, 0.3) is 0 Å². The zero-order chi connectivity index (χ0) is 11.1. The van der Waals surface area contributed by atoms with Crippen LogP contribution in [0.1, 0.15) is 13.3 Å². The fraction of sp³-hybridized carbons (Fsp3) is 0.500. The standard InChI is InChI=1S/C10H14N2O2S/c1-10(14)6-15-9-7(8(13)11-2)4-3-5-12(9)10/h3,5,14H,4,6H2,1-2H3,(H,11,13). The molecule has 0 spiro atoms. The molecule has 1 saturated heterocycles. The van der Waals surface area contributed by atoms with E-state index in [4.69, 9.17) is 0 Å². The van der Waals surface area contributed by atoms with Gasteiger partial charge in [0.1, 0.15) is 5.72 Å². The van der Waals surface area contributed by atoms with Crippen molar-refractivity contribution in [3.63, 3.8) is 0 Å². The summed E-state index contributed by atoms with van der Waals surface area (Å²) in [6, 6.07) is 0. The SMILES string of the molecule is CNC(=O)C1=C2SCC(C)(O)N2C=CC1. The van der Waals surface area contributed by atoms with E-state index in [2.05, 4.69) is 5.32 Å². The molecule has 1 fully saturated rings. The van der Waals surface area contributed by atoms with Crippen LogP contribution in [0.4, 0.5) is 0 Å². The highest BCUT2D eigenvalue weighted by molar-refractivity contribution is 8.03. The Bertz CT molecular complexity index is 360. The maximum atomic E-state index is 11.6. The summed E-state index contributed by atoms with van der Waals surface area (Å²) < 4.78 is 0. The molecule has 2 heterocycles. The lowest BCUT2D eigenvalue weighted by Crippen LogP contribution is -2.40. The fourth-order valence-electron chi connectivity index (χ4n) is 1.73. The predicted molar refractivity (Wildman–Crippen MR) is 59.8 cm³/mol. The van der Waals surface area contributed by atoms with E-state index in [9.17, 15) is 9.90 Å². The van der Waals surface area contributed by atoms with Crippen LogP contribution in [0.25, 0.3) is 0 Å². The van der Waals surface area contributed by atoms with Crippen LogP contribution >= 0.6 is 11.8 Å². The molecule has 1 atom stereocenters. The maximum absolute atomic E-state index is 11.6. The number of fused-ring (bicyclic) bond motifs is 1. The Morgan fingerprint density at radius 3 is 3.13 bits per heavy atom. The number of aliphatic hydroxyl groups is 1. The van der Waals surface area contributed by atoms with E-state index < -0.39 is 5.72 Å². The highest BCUT2D eigenvalue weighted by Crippen LogP contribution is 2.42. The Hall–Kier alpha value is -0.940. The number of likely N-dealkylation sites (N-methyl/N-ethyl adjacent to an activating group) is 1. The zero-order valence-corrected chi connectivity index (χ0v) is 9.60. The van der Waals surface area contributed by atoms with Crippen LogP contribution in [0.5, 0.6) is 0 Å². The quantitative estimate of drug-likeness (QED) is 0.688. The van der Waals surface area contributed by atoms with Crippen LogP contribution < -0.4 is 5.32 Å². The van der Waals surface area contributed by atoms with Crippen LogP contribution in [0.15, 0.2) is 22.9 Å². The Balaban J connectivity index is 2.37. The van der Waals surface area contributed by atoms with E-state index in [1.807, 2.05) is 12.3 Å². The van der Waals surface area contributed by atoms with Gasteiger partial charge in [-0.3, -0.25) is 4.79 Å². The molecule has 2 N–H and O–H groups in total. The second-order valence-corrected chi connectivity index (χ2v) is 4.79. The van der Waals surface area contributed by atoms with Crippen molar-refractivity contribution in [3.05, 3.63) is 22.9 Å². The molecule has 82 valence electrons. The smallest absolute Gasteiger partial charge is 0.249 e. The number of carbonyl (C=O) groups excluding carboxylic acids is 1. The first-order valence-corrected chi connectivity index (χ1v) is 5.81. The number of thioether (sulfide) groups is 1. The molecule has 0 aromatic carbocycles. The Morgan fingerprint density at radius 2 is 2.47 bits per heavy atom. The van der Waals surface area contributed by atoms with Gasteiger partial charge in [0.15, 0.2) is 0 Å². The van der Waals surface area contributed by atoms with E-state index in [1.165, 1.54) is 11.8 Å². The molecule has 0 aliphatic carbocycles. The normalized spacial score (nSPS) is 29.4. The lowest BCUT2D eigenvalue weighted by Gasteiger charge is -2.31. The largest absolute Gasteiger partial charge is 0.370 e. The minimum absolute atomic E-state index is 0.0652. The van der Waals surface area contributed by atoms with Gasteiger partial charge in [-0.15, -0.1) is 11.8 Å². The van der Waals surface area contributed by atoms with Crippen molar-refractivity contribution in [2.75, 3.05) is 12.8 Å². The van der Waals surface area contributed by atoms with Gasteiger partial charge in [-0.1, -0.05) is 6.08 Å². The van der Waals surface area contributed by atoms with E-state index in [1.54, 1.807) is 18.9 Å². The number of nitrogens with one attached hydrogen (secondary N) is 1. The van der Waals surface area contributed by atoms with Gasteiger partial charge < -0.3 is 15.3 Å². The van der Waals surface area contributed by atoms with Crippen molar-refractivity contribution >= 4 is 17.7 Å². The van der Waals surface area contributed by atoms with Crippen LogP contribution in [0.2, 0.25) is 0 Å². The highest BCUT2D eigenvalue weighted by atomic mass is 32.2. The molecule has 0 radical (unpaired) electrons. The van der Waals surface area contributed by atoms with Gasteiger partial charge in [-0.2, -0.15) is 0 Å². The van der Waals surface area contributed by atoms with Crippen LogP contribution in [-0.2, 0) is 4.79 Å². The van der Waals surface area contributed by atoms with Gasteiger partial charge in [-0.25, -0.2) is 0 Å². The van der Waals surface area contributed by atoms with Crippen LogP contribution in [0, 0.1) is 0 Å². The summed E-state index contributed by atoms with van der Waals surface area (Å²) in [6.07, 6.45) is 4.38. The minimum atomic E-state index is -0.879. The minimum Gasteiger partial charge on any atom is -0.370 e. The van der Waals surface area contributed by atoms with E-state index in [0.717, 1.165) is 10.6 Å². The number of hydrogen-bond acceptors (Lipinski definition) is 4. The van der Waals surface area contributed by atoms with Crippen LogP contribution in [-0.4, -0.2) is 34.4 Å². The predicted octanol–water partition coefficient (Wildman–Crippen LogP) is 0.619. The number of hydrogen-bond donors (Lipinski definition) is 2. The number of amides is 1. The van der Waals surface area contributed by atoms with E-state index in [-0.39, 0.29) is 5.91 Å². The van der Waals surface area contributed by atoms with E-state index in [0.29, 0.717) is 12.2 Å². The first-order valence-electron chi connectivity index (χ1n) is 4.82. The Kier molecular flexibility index (Phi) is 2.52.